The number of aliphatic hydroxyl groups is 1. The van der Waals surface area contributed by atoms with Crippen LogP contribution in [0.4, 0.5) is 13.2 Å². The Bertz CT molecular complexity index is 1050. The molecule has 32 heavy (non-hydrogen) atoms. The summed E-state index contributed by atoms with van der Waals surface area (Å²) in [5, 5.41) is 13.6. The summed E-state index contributed by atoms with van der Waals surface area (Å²) in [5.41, 5.74) is -0.136. The molecule has 2 aromatic heterocycles. The van der Waals surface area contributed by atoms with E-state index < -0.39 is 17.8 Å². The molecule has 2 amide bonds. The zero-order chi connectivity index (χ0) is 22.6. The maximum atomic E-state index is 13.6. The fourth-order valence-corrected chi connectivity index (χ4v) is 4.86. The highest BCUT2D eigenvalue weighted by atomic mass is 19.4. The molecule has 1 aliphatic heterocycles. The number of carbonyl (C=O) groups is 2. The first-order valence-corrected chi connectivity index (χ1v) is 11.1. The Morgan fingerprint density at radius 1 is 1.03 bits per heavy atom. The molecule has 3 aliphatic rings. The maximum absolute atomic E-state index is 13.6. The second kappa shape index (κ2) is 7.75. The third kappa shape index (κ3) is 3.96. The highest BCUT2D eigenvalue weighted by Crippen LogP contribution is 2.42. The van der Waals surface area contributed by atoms with Crippen LogP contribution < -0.4 is 0 Å². The number of nitrogens with zero attached hydrogens (tertiary/aromatic N) is 4. The van der Waals surface area contributed by atoms with Crippen LogP contribution >= 0.6 is 0 Å². The molecule has 0 bridgehead atoms. The fourth-order valence-electron chi connectivity index (χ4n) is 4.86. The lowest BCUT2D eigenvalue weighted by Crippen LogP contribution is -2.56. The van der Waals surface area contributed by atoms with Crippen molar-refractivity contribution in [1.29, 1.82) is 0 Å². The number of hydrogen-bond donors (Lipinski definition) is 1. The molecule has 7 nitrogen and oxygen atoms in total. The van der Waals surface area contributed by atoms with Gasteiger partial charge < -0.3 is 14.9 Å². The number of pyridine rings is 1. The second-order valence-electron chi connectivity index (χ2n) is 9.09. The zero-order valence-electron chi connectivity index (χ0n) is 17.5. The Morgan fingerprint density at radius 3 is 2.38 bits per heavy atom. The van der Waals surface area contributed by atoms with Crippen molar-refractivity contribution in [2.45, 2.75) is 62.8 Å². The third-order valence-electron chi connectivity index (χ3n) is 6.79. The smallest absolute Gasteiger partial charge is 0.393 e. The molecule has 0 atom stereocenters. The lowest BCUT2D eigenvalue weighted by atomic mass is 9.91. The first kappa shape index (κ1) is 21.2. The number of rotatable bonds is 3. The Balaban J connectivity index is 1.35. The van der Waals surface area contributed by atoms with Crippen molar-refractivity contribution in [1.82, 2.24) is 19.4 Å². The number of fused-ring (bicyclic) bond motifs is 1. The van der Waals surface area contributed by atoms with Crippen molar-refractivity contribution in [2.75, 3.05) is 19.6 Å². The van der Waals surface area contributed by atoms with E-state index in [0.717, 1.165) is 36.3 Å². The van der Waals surface area contributed by atoms with E-state index in [1.165, 1.54) is 11.0 Å². The number of halogens is 3. The van der Waals surface area contributed by atoms with Crippen LogP contribution in [0.5, 0.6) is 0 Å². The summed E-state index contributed by atoms with van der Waals surface area (Å²) in [4.78, 5) is 28.8. The van der Waals surface area contributed by atoms with Crippen LogP contribution in [0.25, 0.3) is 5.52 Å². The largest absolute Gasteiger partial charge is 0.433 e. The second-order valence-corrected chi connectivity index (χ2v) is 9.09. The van der Waals surface area contributed by atoms with Gasteiger partial charge in [0.15, 0.2) is 5.69 Å². The molecule has 2 saturated carbocycles. The minimum Gasteiger partial charge on any atom is -0.393 e. The number of amides is 2. The first-order chi connectivity index (χ1) is 15.2. The molecule has 3 fully saturated rings. The summed E-state index contributed by atoms with van der Waals surface area (Å²) in [6.45, 7) is 0.556. The average molecular weight is 450 g/mol. The van der Waals surface area contributed by atoms with Gasteiger partial charge in [0.25, 0.3) is 5.91 Å². The van der Waals surface area contributed by atoms with Gasteiger partial charge in [0.2, 0.25) is 5.91 Å². The fraction of sp³-hybridized carbons (Fsp3) is 0.591. The van der Waals surface area contributed by atoms with Gasteiger partial charge in [-0.1, -0.05) is 0 Å². The molecule has 172 valence electrons. The lowest BCUT2D eigenvalue weighted by Gasteiger charge is -2.41. The molecule has 0 spiro atoms. The van der Waals surface area contributed by atoms with Crippen molar-refractivity contribution in [2.24, 2.45) is 0 Å². The standard InChI is InChI=1S/C22H25F3N4O3/c23-22(24,25)19-10-14(13-1-2-13)9-16-11-18(26-29(16)19)21(32)27-7-8-28(20(31)12-27)15-3-5-17(30)6-4-15/h9-11,13,15,17,30H,1-8,12H2/t15-,17-. The van der Waals surface area contributed by atoms with Crippen LogP contribution in [0.1, 0.15) is 66.2 Å². The molecule has 0 unspecified atom stereocenters. The van der Waals surface area contributed by atoms with E-state index in [-0.39, 0.29) is 41.7 Å². The monoisotopic (exact) mass is 450 g/mol. The SMILES string of the molecule is O=C(c1cc2cc(C3CC3)cc(C(F)(F)F)n2n1)N1CCN([C@H]2CC[C@H](O)CC2)C(=O)C1. The average Bonchev–Trinajstić information content (AvgIpc) is 3.51. The van der Waals surface area contributed by atoms with E-state index >= 15 is 0 Å². The van der Waals surface area contributed by atoms with Gasteiger partial charge in [-0.3, -0.25) is 9.59 Å². The van der Waals surface area contributed by atoms with Gasteiger partial charge in [-0.25, -0.2) is 4.52 Å². The van der Waals surface area contributed by atoms with Crippen LogP contribution in [0.15, 0.2) is 18.2 Å². The topological polar surface area (TPSA) is 78.2 Å². The highest BCUT2D eigenvalue weighted by Gasteiger charge is 2.38. The Kier molecular flexibility index (Phi) is 5.15. The highest BCUT2D eigenvalue weighted by molar-refractivity contribution is 5.96. The number of hydrogen-bond acceptors (Lipinski definition) is 4. The van der Waals surface area contributed by atoms with E-state index in [1.807, 2.05) is 0 Å². The molecule has 2 aromatic rings. The van der Waals surface area contributed by atoms with Crippen molar-refractivity contribution >= 4 is 17.3 Å². The molecule has 2 aliphatic carbocycles. The van der Waals surface area contributed by atoms with Crippen LogP contribution in [0.2, 0.25) is 0 Å². The van der Waals surface area contributed by atoms with Gasteiger partial charge in [0.1, 0.15) is 12.2 Å². The number of alkyl halides is 3. The van der Waals surface area contributed by atoms with Crippen molar-refractivity contribution in [3.8, 4) is 0 Å². The number of aromatic nitrogens is 2. The lowest BCUT2D eigenvalue weighted by molar-refractivity contribution is -0.142. The molecular formula is C22H25F3N4O3. The van der Waals surface area contributed by atoms with Gasteiger partial charge >= 0.3 is 6.18 Å². The summed E-state index contributed by atoms with van der Waals surface area (Å²) < 4.78 is 41.6. The third-order valence-corrected chi connectivity index (χ3v) is 6.79. The number of carbonyl (C=O) groups excluding carboxylic acids is 2. The predicted molar refractivity (Wildman–Crippen MR) is 108 cm³/mol. The van der Waals surface area contributed by atoms with Gasteiger partial charge in [0, 0.05) is 19.1 Å². The van der Waals surface area contributed by atoms with Gasteiger partial charge in [-0.2, -0.15) is 18.3 Å². The Morgan fingerprint density at radius 2 is 1.75 bits per heavy atom. The zero-order valence-corrected chi connectivity index (χ0v) is 17.5. The normalized spacial score (nSPS) is 24.9. The van der Waals surface area contributed by atoms with Gasteiger partial charge in [-0.05, 0) is 68.2 Å². The molecule has 0 radical (unpaired) electrons. The van der Waals surface area contributed by atoms with E-state index in [4.69, 9.17) is 0 Å². The van der Waals surface area contributed by atoms with Crippen LogP contribution in [-0.4, -0.2) is 68.1 Å². The van der Waals surface area contributed by atoms with Crippen molar-refractivity contribution < 1.29 is 27.9 Å². The van der Waals surface area contributed by atoms with Crippen molar-refractivity contribution in [3.63, 3.8) is 0 Å². The summed E-state index contributed by atoms with van der Waals surface area (Å²) in [5.74, 6) is -0.592. The van der Waals surface area contributed by atoms with Crippen LogP contribution in [0, 0.1) is 0 Å². The summed E-state index contributed by atoms with van der Waals surface area (Å²) in [6.07, 6.45) is -0.412. The van der Waals surface area contributed by atoms with Gasteiger partial charge in [-0.15, -0.1) is 0 Å². The van der Waals surface area contributed by atoms with Crippen LogP contribution in [0.3, 0.4) is 0 Å². The van der Waals surface area contributed by atoms with Crippen molar-refractivity contribution in [3.05, 3.63) is 35.2 Å². The maximum Gasteiger partial charge on any atom is 0.433 e. The first-order valence-electron chi connectivity index (χ1n) is 11.1. The molecule has 5 rings (SSSR count). The molecule has 3 heterocycles. The minimum absolute atomic E-state index is 0.0635. The van der Waals surface area contributed by atoms with Crippen LogP contribution in [-0.2, 0) is 11.0 Å². The van der Waals surface area contributed by atoms with E-state index in [0.29, 0.717) is 31.5 Å². The minimum atomic E-state index is -4.59. The van der Waals surface area contributed by atoms with Gasteiger partial charge in [0.05, 0.1) is 11.6 Å². The summed E-state index contributed by atoms with van der Waals surface area (Å²) in [7, 11) is 0. The predicted octanol–water partition coefficient (Wildman–Crippen LogP) is 2.82. The number of piperazine rings is 1. The number of aliphatic hydroxyl groups excluding tert-OH is 1. The summed E-state index contributed by atoms with van der Waals surface area (Å²) >= 11 is 0. The molecule has 1 saturated heterocycles. The van der Waals surface area contributed by atoms with E-state index in [9.17, 15) is 27.9 Å². The Labute approximate surface area is 182 Å². The van der Waals surface area contributed by atoms with E-state index in [1.54, 1.807) is 11.0 Å². The quantitative estimate of drug-likeness (QED) is 0.780. The molecular weight excluding hydrogens is 425 g/mol. The summed E-state index contributed by atoms with van der Waals surface area (Å²) in [6, 6.07) is 4.23. The molecule has 10 heteroatoms. The molecule has 1 N–H and O–H groups in total. The molecule has 0 aromatic carbocycles. The van der Waals surface area contributed by atoms with E-state index in [2.05, 4.69) is 5.10 Å². The Hall–Kier alpha value is -2.62.